The minimum absolute atomic E-state index is 0.0617. The summed E-state index contributed by atoms with van der Waals surface area (Å²) in [6.45, 7) is 4.27. The van der Waals surface area contributed by atoms with Crippen molar-refractivity contribution in [1.82, 2.24) is 15.1 Å². The van der Waals surface area contributed by atoms with Crippen LogP contribution in [0.15, 0.2) is 48.5 Å². The smallest absolute Gasteiger partial charge is 0.251 e. The number of carbonyl (C=O) groups is 2. The Balaban J connectivity index is 1.41. The Labute approximate surface area is 182 Å². The highest BCUT2D eigenvalue weighted by Crippen LogP contribution is 2.12. The van der Waals surface area contributed by atoms with Gasteiger partial charge in [0, 0.05) is 56.3 Å². The van der Waals surface area contributed by atoms with Crippen molar-refractivity contribution in [3.05, 3.63) is 70.2 Å². The standard InChI is InChI=1S/C23H25ClN4O2/c24-21-8-6-20(7-9-21)23(30)26-11-10-22(29)28-13-1-12-27(14-15-28)17-19-4-2-18(16-25)3-5-19/h2-9H,1,10-15,17H2,(H,26,30). The summed E-state index contributed by atoms with van der Waals surface area (Å²) in [4.78, 5) is 28.9. The van der Waals surface area contributed by atoms with E-state index in [2.05, 4.69) is 16.3 Å². The third-order valence-corrected chi connectivity index (χ3v) is 5.41. The summed E-state index contributed by atoms with van der Waals surface area (Å²) in [6.07, 6.45) is 1.20. The second-order valence-electron chi connectivity index (χ2n) is 7.33. The van der Waals surface area contributed by atoms with Crippen LogP contribution in [-0.2, 0) is 11.3 Å². The van der Waals surface area contributed by atoms with Crippen molar-refractivity contribution >= 4 is 23.4 Å². The first-order chi connectivity index (χ1) is 14.5. The molecule has 2 aromatic rings. The molecule has 1 N–H and O–H groups in total. The first-order valence-corrected chi connectivity index (χ1v) is 10.5. The van der Waals surface area contributed by atoms with E-state index in [0.29, 0.717) is 29.2 Å². The minimum Gasteiger partial charge on any atom is -0.352 e. The summed E-state index contributed by atoms with van der Waals surface area (Å²) >= 11 is 5.83. The van der Waals surface area contributed by atoms with Crippen molar-refractivity contribution in [2.24, 2.45) is 0 Å². The minimum atomic E-state index is -0.205. The molecular formula is C23H25ClN4O2. The van der Waals surface area contributed by atoms with E-state index in [1.54, 1.807) is 24.3 Å². The van der Waals surface area contributed by atoms with Crippen LogP contribution in [0.25, 0.3) is 0 Å². The van der Waals surface area contributed by atoms with Gasteiger partial charge in [-0.3, -0.25) is 14.5 Å². The van der Waals surface area contributed by atoms with Gasteiger partial charge in [-0.2, -0.15) is 5.26 Å². The van der Waals surface area contributed by atoms with Crippen LogP contribution < -0.4 is 5.32 Å². The molecule has 1 fully saturated rings. The number of halogens is 1. The van der Waals surface area contributed by atoms with E-state index in [1.807, 2.05) is 29.2 Å². The lowest BCUT2D eigenvalue weighted by atomic mass is 10.1. The second-order valence-corrected chi connectivity index (χ2v) is 7.77. The first-order valence-electron chi connectivity index (χ1n) is 10.1. The maximum absolute atomic E-state index is 12.6. The van der Waals surface area contributed by atoms with Crippen molar-refractivity contribution in [1.29, 1.82) is 5.26 Å². The molecule has 0 saturated carbocycles. The fourth-order valence-corrected chi connectivity index (χ4v) is 3.59. The molecule has 1 heterocycles. The van der Waals surface area contributed by atoms with Gasteiger partial charge in [0.15, 0.2) is 0 Å². The molecule has 0 atom stereocenters. The quantitative estimate of drug-likeness (QED) is 0.773. The largest absolute Gasteiger partial charge is 0.352 e. The Bertz CT molecular complexity index is 906. The Hall–Kier alpha value is -2.88. The molecule has 0 unspecified atom stereocenters. The molecule has 0 aromatic heterocycles. The van der Waals surface area contributed by atoms with Gasteiger partial charge in [0.05, 0.1) is 11.6 Å². The summed E-state index contributed by atoms with van der Waals surface area (Å²) in [6, 6.07) is 16.4. The summed E-state index contributed by atoms with van der Waals surface area (Å²) in [5, 5.41) is 12.3. The van der Waals surface area contributed by atoms with Gasteiger partial charge in [-0.1, -0.05) is 23.7 Å². The molecular weight excluding hydrogens is 400 g/mol. The van der Waals surface area contributed by atoms with Crippen LogP contribution in [0, 0.1) is 11.3 Å². The zero-order chi connectivity index (χ0) is 21.3. The van der Waals surface area contributed by atoms with E-state index in [-0.39, 0.29) is 18.2 Å². The predicted molar refractivity (Wildman–Crippen MR) is 116 cm³/mol. The van der Waals surface area contributed by atoms with Crippen molar-refractivity contribution in [3.63, 3.8) is 0 Å². The Morgan fingerprint density at radius 1 is 1.00 bits per heavy atom. The third-order valence-electron chi connectivity index (χ3n) is 5.16. The van der Waals surface area contributed by atoms with E-state index in [4.69, 9.17) is 16.9 Å². The van der Waals surface area contributed by atoms with Crippen molar-refractivity contribution < 1.29 is 9.59 Å². The maximum Gasteiger partial charge on any atom is 0.251 e. The van der Waals surface area contributed by atoms with Gasteiger partial charge >= 0.3 is 0 Å². The normalized spacial score (nSPS) is 14.6. The number of hydrogen-bond acceptors (Lipinski definition) is 4. The Morgan fingerprint density at radius 2 is 1.73 bits per heavy atom. The molecule has 0 spiro atoms. The molecule has 3 rings (SSSR count). The van der Waals surface area contributed by atoms with Gasteiger partial charge in [0.2, 0.25) is 5.91 Å². The van der Waals surface area contributed by atoms with E-state index in [0.717, 1.165) is 32.6 Å². The first kappa shape index (κ1) is 21.8. The molecule has 2 aromatic carbocycles. The molecule has 1 aliphatic heterocycles. The van der Waals surface area contributed by atoms with Gasteiger partial charge < -0.3 is 10.2 Å². The predicted octanol–water partition coefficient (Wildman–Crippen LogP) is 3.07. The van der Waals surface area contributed by atoms with Gasteiger partial charge in [0.25, 0.3) is 5.91 Å². The van der Waals surface area contributed by atoms with Crippen molar-refractivity contribution in [3.8, 4) is 6.07 Å². The lowest BCUT2D eigenvalue weighted by molar-refractivity contribution is -0.130. The van der Waals surface area contributed by atoms with Gasteiger partial charge in [-0.05, 0) is 48.4 Å². The lowest BCUT2D eigenvalue weighted by Gasteiger charge is -2.22. The average molecular weight is 425 g/mol. The molecule has 2 amide bonds. The van der Waals surface area contributed by atoms with Crippen LogP contribution in [0.2, 0.25) is 5.02 Å². The van der Waals surface area contributed by atoms with Crippen LogP contribution in [-0.4, -0.2) is 54.3 Å². The van der Waals surface area contributed by atoms with E-state index >= 15 is 0 Å². The number of hydrogen-bond donors (Lipinski definition) is 1. The summed E-state index contributed by atoms with van der Waals surface area (Å²) in [7, 11) is 0. The number of carbonyl (C=O) groups excluding carboxylic acids is 2. The number of amides is 2. The van der Waals surface area contributed by atoms with E-state index in [9.17, 15) is 9.59 Å². The fourth-order valence-electron chi connectivity index (χ4n) is 3.47. The molecule has 1 aliphatic rings. The molecule has 30 heavy (non-hydrogen) atoms. The highest BCUT2D eigenvalue weighted by atomic mass is 35.5. The van der Waals surface area contributed by atoms with Crippen LogP contribution in [0.3, 0.4) is 0 Å². The van der Waals surface area contributed by atoms with Crippen molar-refractivity contribution in [2.75, 3.05) is 32.7 Å². The number of benzene rings is 2. The molecule has 0 bridgehead atoms. The molecule has 0 radical (unpaired) electrons. The molecule has 156 valence electrons. The lowest BCUT2D eigenvalue weighted by Crippen LogP contribution is -2.37. The summed E-state index contributed by atoms with van der Waals surface area (Å²) in [5.74, 6) is -0.143. The average Bonchev–Trinajstić information content (AvgIpc) is 3.00. The zero-order valence-corrected chi connectivity index (χ0v) is 17.6. The second kappa shape index (κ2) is 10.8. The topological polar surface area (TPSA) is 76.4 Å². The molecule has 7 heteroatoms. The molecule has 6 nitrogen and oxygen atoms in total. The van der Waals surface area contributed by atoms with Crippen molar-refractivity contribution in [2.45, 2.75) is 19.4 Å². The van der Waals surface area contributed by atoms with E-state index in [1.165, 1.54) is 5.56 Å². The summed E-state index contributed by atoms with van der Waals surface area (Å²) in [5.41, 5.74) is 2.35. The molecule has 1 saturated heterocycles. The van der Waals surface area contributed by atoms with Crippen LogP contribution in [0.5, 0.6) is 0 Å². The number of nitrogens with one attached hydrogen (secondary N) is 1. The van der Waals surface area contributed by atoms with Crippen LogP contribution >= 0.6 is 11.6 Å². The third kappa shape index (κ3) is 6.31. The highest BCUT2D eigenvalue weighted by Gasteiger charge is 2.19. The maximum atomic E-state index is 12.6. The van der Waals surface area contributed by atoms with E-state index < -0.39 is 0 Å². The monoisotopic (exact) mass is 424 g/mol. The highest BCUT2D eigenvalue weighted by molar-refractivity contribution is 6.30. The van der Waals surface area contributed by atoms with Gasteiger partial charge in [-0.25, -0.2) is 0 Å². The summed E-state index contributed by atoms with van der Waals surface area (Å²) < 4.78 is 0. The Morgan fingerprint density at radius 3 is 2.43 bits per heavy atom. The Kier molecular flexibility index (Phi) is 7.83. The van der Waals surface area contributed by atoms with Crippen LogP contribution in [0.1, 0.15) is 34.3 Å². The van der Waals surface area contributed by atoms with Crippen LogP contribution in [0.4, 0.5) is 0 Å². The molecule has 0 aliphatic carbocycles. The number of nitrogens with zero attached hydrogens (tertiary/aromatic N) is 3. The SMILES string of the molecule is N#Cc1ccc(CN2CCCN(C(=O)CCNC(=O)c3ccc(Cl)cc3)CC2)cc1. The fraction of sp³-hybridized carbons (Fsp3) is 0.348. The zero-order valence-electron chi connectivity index (χ0n) is 16.8. The van der Waals surface area contributed by atoms with Gasteiger partial charge in [0.1, 0.15) is 0 Å². The number of rotatable bonds is 6. The number of nitriles is 1. The van der Waals surface area contributed by atoms with Gasteiger partial charge in [-0.15, -0.1) is 0 Å².